The normalized spacial score (nSPS) is 15.9. The Labute approximate surface area is 424 Å². The van der Waals surface area contributed by atoms with E-state index in [1.54, 1.807) is 0 Å². The molecule has 15 rings (SSSR count). The molecule has 0 radical (unpaired) electrons. The molecule has 0 saturated carbocycles. The van der Waals surface area contributed by atoms with E-state index in [9.17, 15) is 0 Å². The standard InChI is InChI=1S/C70H49NO2/c1-69(2)56-27-15-12-24-52(56)53-39-34-47(42-58(53)69)46-32-37-51(38-33-46)71(50-35-30-45(31-36-50)44-18-6-3-7-19-44)60-43-59-67(68-64(60)54-25-13-17-29-62(54)73-68)66-57(40-41-63-65(66)55-26-14-16-28-61(55)72-63)70(59,48-20-8-4-9-21-48)49-22-10-5-11-23-49/h3-30,32-43,45H,31H2,1-2H3. The number of benzene rings is 10. The van der Waals surface area contributed by atoms with Crippen LogP contribution in [0.4, 0.5) is 11.4 Å². The van der Waals surface area contributed by atoms with Crippen molar-refractivity contribution in [3.8, 4) is 33.4 Å². The predicted molar refractivity (Wildman–Crippen MR) is 301 cm³/mol. The van der Waals surface area contributed by atoms with Crippen LogP contribution in [-0.2, 0) is 10.8 Å². The summed E-state index contributed by atoms with van der Waals surface area (Å²) < 4.78 is 14.1. The van der Waals surface area contributed by atoms with Crippen LogP contribution in [0, 0.1) is 0 Å². The molecule has 2 heterocycles. The van der Waals surface area contributed by atoms with Gasteiger partial charge in [0.25, 0.3) is 0 Å². The molecule has 3 aliphatic rings. The molecular formula is C70H49NO2. The number of fused-ring (bicyclic) bond motifs is 14. The van der Waals surface area contributed by atoms with Crippen molar-refractivity contribution in [3.63, 3.8) is 0 Å². The summed E-state index contributed by atoms with van der Waals surface area (Å²) in [6.45, 7) is 4.71. The molecule has 0 aliphatic heterocycles. The Hall–Kier alpha value is -8.92. The minimum Gasteiger partial charge on any atom is -0.456 e. The number of para-hydroxylation sites is 2. The fraction of sp³-hybridized carbons (Fsp3) is 0.0857. The fourth-order valence-electron chi connectivity index (χ4n) is 13.1. The monoisotopic (exact) mass is 935 g/mol. The van der Waals surface area contributed by atoms with E-state index in [1.165, 1.54) is 61.2 Å². The number of allylic oxidation sites excluding steroid dienone is 3. The SMILES string of the molecule is CC1(C)c2ccccc2-c2ccc(-c3ccc(N(C4=CCC(c5ccccc5)C=C4)c4cc5c(c6oc7ccccc7c46)-c4c(ccc6oc7ccccc7c46)C5(c4ccccc4)c4ccccc4)cc3)cc21. The molecule has 3 aliphatic carbocycles. The van der Waals surface area contributed by atoms with E-state index in [4.69, 9.17) is 8.83 Å². The second kappa shape index (κ2) is 15.8. The Morgan fingerprint density at radius 3 is 1.79 bits per heavy atom. The minimum atomic E-state index is -0.729. The van der Waals surface area contributed by atoms with Crippen LogP contribution in [0.15, 0.2) is 257 Å². The molecule has 1 atom stereocenters. The highest BCUT2D eigenvalue weighted by Gasteiger charge is 2.49. The first kappa shape index (κ1) is 41.8. The lowest BCUT2D eigenvalue weighted by molar-refractivity contribution is 0.660. The minimum absolute atomic E-state index is 0.0900. The van der Waals surface area contributed by atoms with E-state index < -0.39 is 5.41 Å². The molecule has 2 aromatic heterocycles. The van der Waals surface area contributed by atoms with Gasteiger partial charge in [-0.05, 0) is 116 Å². The van der Waals surface area contributed by atoms with Gasteiger partial charge in [0.2, 0.25) is 0 Å². The number of nitrogens with zero attached hydrogens (tertiary/aromatic N) is 1. The van der Waals surface area contributed by atoms with Gasteiger partial charge in [0.15, 0.2) is 0 Å². The van der Waals surface area contributed by atoms with Crippen LogP contribution in [0.3, 0.4) is 0 Å². The van der Waals surface area contributed by atoms with Crippen LogP contribution in [0.5, 0.6) is 0 Å². The van der Waals surface area contributed by atoms with Crippen molar-refractivity contribution in [2.75, 3.05) is 4.90 Å². The Bertz CT molecular complexity index is 4210. The zero-order valence-electron chi connectivity index (χ0n) is 40.6. The van der Waals surface area contributed by atoms with Crippen LogP contribution in [-0.4, -0.2) is 0 Å². The lowest BCUT2D eigenvalue weighted by Gasteiger charge is -2.35. The molecule has 0 spiro atoms. The van der Waals surface area contributed by atoms with Gasteiger partial charge >= 0.3 is 0 Å². The Morgan fingerprint density at radius 1 is 0.466 bits per heavy atom. The topological polar surface area (TPSA) is 29.5 Å². The van der Waals surface area contributed by atoms with Gasteiger partial charge < -0.3 is 13.7 Å². The van der Waals surface area contributed by atoms with Gasteiger partial charge in [-0.3, -0.25) is 0 Å². The average Bonchev–Trinajstić information content (AvgIpc) is 4.19. The number of hydrogen-bond acceptors (Lipinski definition) is 3. The summed E-state index contributed by atoms with van der Waals surface area (Å²) in [6, 6.07) is 82.3. The summed E-state index contributed by atoms with van der Waals surface area (Å²) in [7, 11) is 0. The van der Waals surface area contributed by atoms with Gasteiger partial charge in [0.1, 0.15) is 22.3 Å². The average molecular weight is 936 g/mol. The molecule has 0 amide bonds. The van der Waals surface area contributed by atoms with E-state index in [2.05, 4.69) is 261 Å². The van der Waals surface area contributed by atoms with Crippen molar-refractivity contribution in [2.24, 2.45) is 0 Å². The van der Waals surface area contributed by atoms with E-state index in [0.29, 0.717) is 0 Å². The van der Waals surface area contributed by atoms with Crippen molar-refractivity contribution in [1.29, 1.82) is 0 Å². The second-order valence-electron chi connectivity index (χ2n) is 20.6. The lowest BCUT2D eigenvalue weighted by Crippen LogP contribution is -2.29. The maximum Gasteiger partial charge on any atom is 0.145 e. The molecule has 1 unspecified atom stereocenters. The Kier molecular flexibility index (Phi) is 9.05. The number of furan rings is 2. The maximum absolute atomic E-state index is 7.40. The number of hydrogen-bond donors (Lipinski definition) is 0. The van der Waals surface area contributed by atoms with E-state index in [1.807, 2.05) is 0 Å². The molecule has 0 fully saturated rings. The highest BCUT2D eigenvalue weighted by molar-refractivity contribution is 6.24. The Balaban J connectivity index is 1.01. The van der Waals surface area contributed by atoms with E-state index in [-0.39, 0.29) is 11.3 Å². The van der Waals surface area contributed by atoms with E-state index in [0.717, 1.165) is 78.5 Å². The molecule has 346 valence electrons. The first-order valence-electron chi connectivity index (χ1n) is 25.6. The van der Waals surface area contributed by atoms with Gasteiger partial charge in [-0.2, -0.15) is 0 Å². The van der Waals surface area contributed by atoms with Gasteiger partial charge in [0.05, 0.1) is 16.5 Å². The molecule has 12 aromatic rings. The zero-order valence-corrected chi connectivity index (χ0v) is 40.6. The molecular weight excluding hydrogens is 887 g/mol. The van der Waals surface area contributed by atoms with Crippen LogP contribution in [0.1, 0.15) is 65.1 Å². The van der Waals surface area contributed by atoms with Crippen LogP contribution < -0.4 is 4.90 Å². The van der Waals surface area contributed by atoms with Crippen LogP contribution in [0.25, 0.3) is 77.3 Å². The second-order valence-corrected chi connectivity index (χ2v) is 20.6. The van der Waals surface area contributed by atoms with Gasteiger partial charge in [-0.15, -0.1) is 0 Å². The van der Waals surface area contributed by atoms with Gasteiger partial charge in [0, 0.05) is 50.0 Å². The third-order valence-electron chi connectivity index (χ3n) is 16.5. The van der Waals surface area contributed by atoms with E-state index >= 15 is 0 Å². The molecule has 0 saturated heterocycles. The van der Waals surface area contributed by atoms with Crippen molar-refractivity contribution >= 4 is 55.3 Å². The predicted octanol–water partition coefficient (Wildman–Crippen LogP) is 18.6. The quantitative estimate of drug-likeness (QED) is 0.159. The molecule has 3 nitrogen and oxygen atoms in total. The first-order chi connectivity index (χ1) is 36.0. The van der Waals surface area contributed by atoms with Crippen molar-refractivity contribution < 1.29 is 8.83 Å². The smallest absolute Gasteiger partial charge is 0.145 e. The third-order valence-corrected chi connectivity index (χ3v) is 16.5. The Morgan fingerprint density at radius 2 is 1.08 bits per heavy atom. The molecule has 0 N–H and O–H groups in total. The summed E-state index contributed by atoms with van der Waals surface area (Å²) in [5.74, 6) is 0.268. The summed E-state index contributed by atoms with van der Waals surface area (Å²) in [5, 5.41) is 4.35. The van der Waals surface area contributed by atoms with Gasteiger partial charge in [-0.25, -0.2) is 0 Å². The molecule has 3 heteroatoms. The summed E-state index contributed by atoms with van der Waals surface area (Å²) in [6.07, 6.45) is 8.04. The largest absolute Gasteiger partial charge is 0.456 e. The first-order valence-corrected chi connectivity index (χ1v) is 25.6. The summed E-state index contributed by atoms with van der Waals surface area (Å²) in [4.78, 5) is 2.50. The molecule has 73 heavy (non-hydrogen) atoms. The zero-order chi connectivity index (χ0) is 48.4. The summed E-state index contributed by atoms with van der Waals surface area (Å²) >= 11 is 0. The highest BCUT2D eigenvalue weighted by atomic mass is 16.3. The van der Waals surface area contributed by atoms with Gasteiger partial charge in [-0.1, -0.05) is 208 Å². The molecule has 0 bridgehead atoms. The fourth-order valence-corrected chi connectivity index (χ4v) is 13.1. The lowest BCUT2D eigenvalue weighted by atomic mass is 9.67. The van der Waals surface area contributed by atoms with Crippen LogP contribution in [0.2, 0.25) is 0 Å². The number of rotatable bonds is 7. The van der Waals surface area contributed by atoms with Crippen molar-refractivity contribution in [1.82, 2.24) is 0 Å². The van der Waals surface area contributed by atoms with Crippen molar-refractivity contribution in [2.45, 2.75) is 37.0 Å². The number of anilines is 2. The highest BCUT2D eigenvalue weighted by Crippen LogP contribution is 2.63. The maximum atomic E-state index is 7.40. The van der Waals surface area contributed by atoms with Crippen LogP contribution >= 0.6 is 0 Å². The summed E-state index contributed by atoms with van der Waals surface area (Å²) in [5.41, 5.74) is 22.0. The molecule has 10 aromatic carbocycles. The third kappa shape index (κ3) is 6.00. The van der Waals surface area contributed by atoms with Crippen molar-refractivity contribution in [3.05, 3.63) is 287 Å².